The van der Waals surface area contributed by atoms with Crippen LogP contribution in [0.5, 0.6) is 0 Å². The maximum absolute atomic E-state index is 11.2. The maximum atomic E-state index is 11.2. The van der Waals surface area contributed by atoms with Gasteiger partial charge in [0.25, 0.3) is 0 Å². The highest BCUT2D eigenvalue weighted by Crippen LogP contribution is 2.04. The molecule has 1 fully saturated rings. The van der Waals surface area contributed by atoms with Crippen molar-refractivity contribution in [2.45, 2.75) is 26.3 Å². The van der Waals surface area contributed by atoms with Gasteiger partial charge in [-0.05, 0) is 13.8 Å². The first-order valence-electron chi connectivity index (χ1n) is 4.62. The smallest absolute Gasteiger partial charge is 0.237 e. The molecule has 0 saturated carbocycles. The second-order valence-corrected chi connectivity index (χ2v) is 3.45. The number of rotatable bonds is 3. The summed E-state index contributed by atoms with van der Waals surface area (Å²) >= 11 is 0. The van der Waals surface area contributed by atoms with Gasteiger partial charge in [-0.1, -0.05) is 0 Å². The molecule has 1 atom stereocenters. The second-order valence-electron chi connectivity index (χ2n) is 3.45. The molecular formula is C9H16N2O2. The van der Waals surface area contributed by atoms with Crippen molar-refractivity contribution in [1.29, 1.82) is 0 Å². The summed E-state index contributed by atoms with van der Waals surface area (Å²) in [6.45, 7) is 5.69. The lowest BCUT2D eigenvalue weighted by atomic mass is 10.2. The summed E-state index contributed by atoms with van der Waals surface area (Å²) in [6, 6.07) is -0.0897. The average molecular weight is 184 g/mol. The summed E-state index contributed by atoms with van der Waals surface area (Å²) in [4.78, 5) is 24.0. The molecule has 0 aliphatic carbocycles. The summed E-state index contributed by atoms with van der Waals surface area (Å²) < 4.78 is 0. The van der Waals surface area contributed by atoms with Crippen LogP contribution in [0.1, 0.15) is 20.3 Å². The van der Waals surface area contributed by atoms with Gasteiger partial charge < -0.3 is 5.32 Å². The lowest BCUT2D eigenvalue weighted by Crippen LogP contribution is -2.54. The molecule has 1 aliphatic heterocycles. The van der Waals surface area contributed by atoms with E-state index in [-0.39, 0.29) is 17.7 Å². The van der Waals surface area contributed by atoms with E-state index in [0.717, 1.165) is 6.54 Å². The highest BCUT2D eigenvalue weighted by molar-refractivity contribution is 5.82. The Balaban J connectivity index is 2.39. The van der Waals surface area contributed by atoms with E-state index in [0.29, 0.717) is 19.5 Å². The van der Waals surface area contributed by atoms with Crippen LogP contribution in [0.2, 0.25) is 0 Å². The van der Waals surface area contributed by atoms with Crippen LogP contribution >= 0.6 is 0 Å². The summed E-state index contributed by atoms with van der Waals surface area (Å²) in [5.41, 5.74) is 0. The van der Waals surface area contributed by atoms with Gasteiger partial charge >= 0.3 is 0 Å². The first-order valence-corrected chi connectivity index (χ1v) is 4.62. The van der Waals surface area contributed by atoms with Crippen molar-refractivity contribution in [2.75, 3.05) is 19.6 Å². The zero-order chi connectivity index (χ0) is 9.84. The third-order valence-electron chi connectivity index (χ3n) is 2.38. The number of Topliss-reactive ketones (excluding diaryl/α,β-unsaturated/α-hetero) is 1. The first-order chi connectivity index (χ1) is 6.11. The molecule has 1 rings (SSSR count). The largest absolute Gasteiger partial charge is 0.353 e. The number of ketones is 1. The van der Waals surface area contributed by atoms with Crippen LogP contribution in [0.3, 0.4) is 0 Å². The fourth-order valence-electron chi connectivity index (χ4n) is 1.44. The molecule has 4 nitrogen and oxygen atoms in total. The number of nitrogens with zero attached hydrogens (tertiary/aromatic N) is 1. The van der Waals surface area contributed by atoms with E-state index in [2.05, 4.69) is 5.32 Å². The molecule has 0 aromatic rings. The molecule has 1 heterocycles. The summed E-state index contributed by atoms with van der Waals surface area (Å²) in [5, 5.41) is 2.78. The van der Waals surface area contributed by atoms with Crippen molar-refractivity contribution in [3.05, 3.63) is 0 Å². The Bertz CT molecular complexity index is 216. The SMILES string of the molecule is CC(=O)CCN1CCNC(=O)C1C. The molecule has 1 amide bonds. The van der Waals surface area contributed by atoms with E-state index >= 15 is 0 Å². The van der Waals surface area contributed by atoms with Crippen molar-refractivity contribution < 1.29 is 9.59 Å². The number of amides is 1. The van der Waals surface area contributed by atoms with E-state index in [1.807, 2.05) is 11.8 Å². The lowest BCUT2D eigenvalue weighted by molar-refractivity contribution is -0.129. The van der Waals surface area contributed by atoms with E-state index in [4.69, 9.17) is 0 Å². The van der Waals surface area contributed by atoms with Crippen LogP contribution in [0.25, 0.3) is 0 Å². The molecule has 1 saturated heterocycles. The van der Waals surface area contributed by atoms with Crippen molar-refractivity contribution in [2.24, 2.45) is 0 Å². The van der Waals surface area contributed by atoms with Gasteiger partial charge in [-0.2, -0.15) is 0 Å². The number of carbonyl (C=O) groups is 2. The minimum absolute atomic E-state index is 0.0646. The second kappa shape index (κ2) is 4.37. The van der Waals surface area contributed by atoms with Crippen LogP contribution in [0.4, 0.5) is 0 Å². The van der Waals surface area contributed by atoms with Crippen LogP contribution in [-0.4, -0.2) is 42.3 Å². The van der Waals surface area contributed by atoms with Crippen LogP contribution in [0.15, 0.2) is 0 Å². The monoisotopic (exact) mass is 184 g/mol. The molecule has 1 aliphatic rings. The third-order valence-corrected chi connectivity index (χ3v) is 2.38. The van der Waals surface area contributed by atoms with E-state index in [1.54, 1.807) is 6.92 Å². The van der Waals surface area contributed by atoms with Crippen molar-refractivity contribution in [3.8, 4) is 0 Å². The Morgan fingerprint density at radius 2 is 2.38 bits per heavy atom. The van der Waals surface area contributed by atoms with Gasteiger partial charge in [0.1, 0.15) is 5.78 Å². The molecule has 0 aromatic carbocycles. The van der Waals surface area contributed by atoms with E-state index in [9.17, 15) is 9.59 Å². The lowest BCUT2D eigenvalue weighted by Gasteiger charge is -2.32. The summed E-state index contributed by atoms with van der Waals surface area (Å²) in [5.74, 6) is 0.244. The highest BCUT2D eigenvalue weighted by atomic mass is 16.2. The van der Waals surface area contributed by atoms with Crippen LogP contribution < -0.4 is 5.32 Å². The number of nitrogens with one attached hydrogen (secondary N) is 1. The summed E-state index contributed by atoms with van der Waals surface area (Å²) in [6.07, 6.45) is 0.539. The quantitative estimate of drug-likeness (QED) is 0.660. The zero-order valence-corrected chi connectivity index (χ0v) is 8.17. The minimum Gasteiger partial charge on any atom is -0.353 e. The Morgan fingerprint density at radius 3 is 3.00 bits per heavy atom. The summed E-state index contributed by atoms with van der Waals surface area (Å²) in [7, 11) is 0. The minimum atomic E-state index is -0.0897. The van der Waals surface area contributed by atoms with Gasteiger partial charge in [0, 0.05) is 26.1 Å². The van der Waals surface area contributed by atoms with Crippen molar-refractivity contribution >= 4 is 11.7 Å². The molecule has 0 bridgehead atoms. The van der Waals surface area contributed by atoms with Gasteiger partial charge in [-0.25, -0.2) is 0 Å². The Kier molecular flexibility index (Phi) is 3.42. The zero-order valence-electron chi connectivity index (χ0n) is 8.17. The van der Waals surface area contributed by atoms with Crippen molar-refractivity contribution in [1.82, 2.24) is 10.2 Å². The number of hydrogen-bond acceptors (Lipinski definition) is 3. The number of piperazine rings is 1. The molecule has 74 valence electrons. The normalized spacial score (nSPS) is 24.2. The van der Waals surface area contributed by atoms with Gasteiger partial charge in [0.15, 0.2) is 0 Å². The molecule has 13 heavy (non-hydrogen) atoms. The molecule has 0 spiro atoms. The van der Waals surface area contributed by atoms with Crippen LogP contribution in [0, 0.1) is 0 Å². The van der Waals surface area contributed by atoms with Crippen LogP contribution in [-0.2, 0) is 9.59 Å². The molecule has 1 unspecified atom stereocenters. The molecule has 4 heteroatoms. The van der Waals surface area contributed by atoms with Gasteiger partial charge in [-0.3, -0.25) is 14.5 Å². The Hall–Kier alpha value is -0.900. The third kappa shape index (κ3) is 2.81. The predicted molar refractivity (Wildman–Crippen MR) is 49.3 cm³/mol. The number of carbonyl (C=O) groups excluding carboxylic acids is 2. The molecule has 0 aromatic heterocycles. The molecule has 0 radical (unpaired) electrons. The first kappa shape index (κ1) is 10.2. The maximum Gasteiger partial charge on any atom is 0.237 e. The number of hydrogen-bond donors (Lipinski definition) is 1. The Labute approximate surface area is 78.3 Å². The van der Waals surface area contributed by atoms with E-state index < -0.39 is 0 Å². The van der Waals surface area contributed by atoms with E-state index in [1.165, 1.54) is 0 Å². The highest BCUT2D eigenvalue weighted by Gasteiger charge is 2.24. The topological polar surface area (TPSA) is 49.4 Å². The van der Waals surface area contributed by atoms with Gasteiger partial charge in [-0.15, -0.1) is 0 Å². The van der Waals surface area contributed by atoms with Gasteiger partial charge in [0.2, 0.25) is 5.91 Å². The molecular weight excluding hydrogens is 168 g/mol. The fraction of sp³-hybridized carbons (Fsp3) is 0.778. The predicted octanol–water partition coefficient (Wildman–Crippen LogP) is -0.214. The fourth-order valence-corrected chi connectivity index (χ4v) is 1.44. The van der Waals surface area contributed by atoms with Gasteiger partial charge in [0.05, 0.1) is 6.04 Å². The molecule has 1 N–H and O–H groups in total. The Morgan fingerprint density at radius 1 is 1.69 bits per heavy atom. The average Bonchev–Trinajstić information content (AvgIpc) is 2.07. The standard InChI is InChI=1S/C9H16N2O2/c1-7(12)3-5-11-6-4-10-9(13)8(11)2/h8H,3-6H2,1-2H3,(H,10,13). The van der Waals surface area contributed by atoms with Crippen molar-refractivity contribution in [3.63, 3.8) is 0 Å².